The molecule has 0 aromatic carbocycles. The molecule has 3 fully saturated rings. The number of carbonyl (C=O) groups excluding carboxylic acids is 1. The van der Waals surface area contributed by atoms with E-state index < -0.39 is 34.9 Å². The zero-order valence-corrected chi connectivity index (χ0v) is 20.1. The lowest BCUT2D eigenvalue weighted by molar-refractivity contribution is -0.516. The third kappa shape index (κ3) is 5.54. The third-order valence-corrected chi connectivity index (χ3v) is 7.45. The molecule has 4 heterocycles. The first-order valence-electron chi connectivity index (χ1n) is 11.8. The summed E-state index contributed by atoms with van der Waals surface area (Å²) in [6, 6.07) is 2.54. The van der Waals surface area contributed by atoms with E-state index in [1.807, 2.05) is 13.8 Å². The van der Waals surface area contributed by atoms with Gasteiger partial charge in [-0.1, -0.05) is 27.7 Å². The second kappa shape index (κ2) is 9.92. The lowest BCUT2D eigenvalue weighted by Crippen LogP contribution is -2.60. The predicted molar refractivity (Wildman–Crippen MR) is 119 cm³/mol. The molecule has 9 heteroatoms. The molecule has 3 aliphatic rings. The standard InChI is InChI=1S/C24H37FN2O6/c1-6-18(23-14-31-22(5,32-33-23)11-9-19(23)15(2)3)16(4)24(29,30)12-10-21(28)27-17-7-8-20(25)26-13-17/h7-8,13,15-16,18-19,29-30H,6,9-12,14H2,1-5H3,(H,27,28)/t16-,18+,19+,22+,23+/m1/s1. The fourth-order valence-corrected chi connectivity index (χ4v) is 5.41. The molecule has 186 valence electrons. The summed E-state index contributed by atoms with van der Waals surface area (Å²) in [4.78, 5) is 27.6. The lowest BCUT2D eigenvalue weighted by Gasteiger charge is -2.51. The van der Waals surface area contributed by atoms with Crippen molar-refractivity contribution in [3.05, 3.63) is 24.3 Å². The van der Waals surface area contributed by atoms with Gasteiger partial charge in [0.1, 0.15) is 5.60 Å². The first-order valence-corrected chi connectivity index (χ1v) is 11.8. The van der Waals surface area contributed by atoms with Crippen LogP contribution in [0.15, 0.2) is 18.3 Å². The van der Waals surface area contributed by atoms with Gasteiger partial charge in [-0.3, -0.25) is 4.79 Å². The van der Waals surface area contributed by atoms with Crippen LogP contribution in [0, 0.1) is 29.6 Å². The van der Waals surface area contributed by atoms with E-state index in [1.165, 1.54) is 12.3 Å². The molecule has 0 aliphatic carbocycles. The number of fused-ring (bicyclic) bond motifs is 4. The number of halogens is 1. The summed E-state index contributed by atoms with van der Waals surface area (Å²) < 4.78 is 19.0. The number of pyridine rings is 1. The van der Waals surface area contributed by atoms with Crippen molar-refractivity contribution in [2.45, 2.75) is 83.9 Å². The molecule has 3 N–H and O–H groups in total. The number of nitrogens with zero attached hydrogens (tertiary/aromatic N) is 1. The summed E-state index contributed by atoms with van der Waals surface area (Å²) in [6.45, 7) is 10.2. The minimum absolute atomic E-state index is 0.110. The molecule has 8 nitrogen and oxygen atoms in total. The number of hydrogen-bond donors (Lipinski definition) is 3. The first kappa shape index (κ1) is 26.0. The Balaban J connectivity index is 1.72. The third-order valence-electron chi connectivity index (χ3n) is 7.45. The second-order valence-corrected chi connectivity index (χ2v) is 10.0. The Morgan fingerprint density at radius 2 is 2.06 bits per heavy atom. The molecular formula is C24H37FN2O6. The molecule has 1 aromatic heterocycles. The van der Waals surface area contributed by atoms with Gasteiger partial charge in [0.2, 0.25) is 11.9 Å². The summed E-state index contributed by atoms with van der Waals surface area (Å²) in [5.74, 6) is -4.50. The van der Waals surface area contributed by atoms with Crippen molar-refractivity contribution >= 4 is 11.6 Å². The molecule has 0 unspecified atom stereocenters. The largest absolute Gasteiger partial charge is 0.365 e. The average molecular weight is 469 g/mol. The molecule has 0 saturated carbocycles. The fourth-order valence-electron chi connectivity index (χ4n) is 5.41. The van der Waals surface area contributed by atoms with Crippen molar-refractivity contribution in [1.29, 1.82) is 0 Å². The van der Waals surface area contributed by atoms with E-state index in [4.69, 9.17) is 14.5 Å². The van der Waals surface area contributed by atoms with Crippen molar-refractivity contribution in [2.75, 3.05) is 11.9 Å². The van der Waals surface area contributed by atoms with Crippen LogP contribution in [0.2, 0.25) is 0 Å². The Labute approximate surface area is 194 Å². The zero-order chi connectivity index (χ0) is 24.4. The highest BCUT2D eigenvalue weighted by atomic mass is 19.1. The molecule has 5 atom stereocenters. The van der Waals surface area contributed by atoms with Gasteiger partial charge in [0.25, 0.3) is 0 Å². The van der Waals surface area contributed by atoms with Crippen LogP contribution >= 0.6 is 0 Å². The van der Waals surface area contributed by atoms with Gasteiger partial charge < -0.3 is 20.3 Å². The first-order chi connectivity index (χ1) is 15.4. The molecule has 1 amide bonds. The van der Waals surface area contributed by atoms with Crippen molar-refractivity contribution in [3.8, 4) is 0 Å². The molecule has 1 aromatic rings. The van der Waals surface area contributed by atoms with Crippen LogP contribution in [0.3, 0.4) is 0 Å². The number of aromatic nitrogens is 1. The normalized spacial score (nSPS) is 29.5. The summed E-state index contributed by atoms with van der Waals surface area (Å²) in [5.41, 5.74) is -0.482. The van der Waals surface area contributed by atoms with Crippen LogP contribution in [-0.2, 0) is 19.3 Å². The SMILES string of the molecule is CC[C@@H]([C@@H](C)C(O)(O)CCC(=O)Nc1ccc(F)nc1)[C@@]12CO[C@](C)(CC[C@H]1C(C)C)OO2. The number of rotatable bonds is 9. The van der Waals surface area contributed by atoms with Gasteiger partial charge in [0, 0.05) is 31.1 Å². The monoisotopic (exact) mass is 468 g/mol. The van der Waals surface area contributed by atoms with Crippen LogP contribution in [-0.4, -0.2) is 44.9 Å². The number of nitrogens with one attached hydrogen (secondary N) is 1. The zero-order valence-electron chi connectivity index (χ0n) is 20.1. The van der Waals surface area contributed by atoms with Crippen LogP contribution in [0.5, 0.6) is 0 Å². The van der Waals surface area contributed by atoms with E-state index in [2.05, 4.69) is 24.1 Å². The van der Waals surface area contributed by atoms with Crippen LogP contribution in [0.4, 0.5) is 10.1 Å². The van der Waals surface area contributed by atoms with Crippen molar-refractivity contribution in [1.82, 2.24) is 4.98 Å². The minimum atomic E-state index is -2.12. The Hall–Kier alpha value is -1.65. The van der Waals surface area contributed by atoms with Gasteiger partial charge in [-0.25, -0.2) is 14.8 Å². The average Bonchev–Trinajstić information content (AvgIpc) is 3.00. The van der Waals surface area contributed by atoms with Crippen LogP contribution in [0.1, 0.15) is 66.7 Å². The van der Waals surface area contributed by atoms with Crippen molar-refractivity contribution in [2.24, 2.45) is 23.7 Å². The highest BCUT2D eigenvalue weighted by Gasteiger charge is 2.59. The number of carbonyl (C=O) groups is 1. The van der Waals surface area contributed by atoms with E-state index in [0.29, 0.717) is 25.1 Å². The van der Waals surface area contributed by atoms with Gasteiger partial charge in [-0.15, -0.1) is 0 Å². The van der Waals surface area contributed by atoms with Gasteiger partial charge in [0.05, 0.1) is 18.5 Å². The smallest absolute Gasteiger partial charge is 0.224 e. The van der Waals surface area contributed by atoms with Crippen LogP contribution < -0.4 is 5.32 Å². The quantitative estimate of drug-likeness (QED) is 0.287. The molecule has 0 spiro atoms. The van der Waals surface area contributed by atoms with Crippen molar-refractivity contribution < 1.29 is 33.9 Å². The van der Waals surface area contributed by atoms with E-state index in [9.17, 15) is 19.4 Å². The Bertz CT molecular complexity index is 808. The van der Waals surface area contributed by atoms with E-state index in [-0.39, 0.29) is 30.6 Å². The summed E-state index contributed by atoms with van der Waals surface area (Å²) >= 11 is 0. The van der Waals surface area contributed by atoms with Gasteiger partial charge in [-0.05, 0) is 43.7 Å². The molecular weight excluding hydrogens is 431 g/mol. The number of anilines is 1. The molecule has 3 saturated heterocycles. The Kier molecular flexibility index (Phi) is 7.80. The molecule has 4 rings (SSSR count). The highest BCUT2D eigenvalue weighted by molar-refractivity contribution is 5.90. The number of amides is 1. The summed E-state index contributed by atoms with van der Waals surface area (Å²) in [5, 5.41) is 24.6. The van der Waals surface area contributed by atoms with E-state index >= 15 is 0 Å². The predicted octanol–water partition coefficient (Wildman–Crippen LogP) is 3.78. The molecule has 0 radical (unpaired) electrons. The van der Waals surface area contributed by atoms with E-state index in [0.717, 1.165) is 12.5 Å². The number of aliphatic hydroxyl groups is 2. The Morgan fingerprint density at radius 3 is 2.61 bits per heavy atom. The summed E-state index contributed by atoms with van der Waals surface area (Å²) in [7, 11) is 0. The van der Waals surface area contributed by atoms with Crippen LogP contribution in [0.25, 0.3) is 0 Å². The minimum Gasteiger partial charge on any atom is -0.365 e. The molecule has 3 aliphatic heterocycles. The van der Waals surface area contributed by atoms with E-state index in [1.54, 1.807) is 6.92 Å². The van der Waals surface area contributed by atoms with Gasteiger partial charge in [0.15, 0.2) is 11.6 Å². The molecule has 2 bridgehead atoms. The van der Waals surface area contributed by atoms with Gasteiger partial charge in [-0.2, -0.15) is 4.39 Å². The Morgan fingerprint density at radius 1 is 1.33 bits per heavy atom. The maximum Gasteiger partial charge on any atom is 0.224 e. The maximum atomic E-state index is 12.9. The maximum absolute atomic E-state index is 12.9. The number of hydrogen-bond acceptors (Lipinski definition) is 7. The highest BCUT2D eigenvalue weighted by Crippen LogP contribution is 2.52. The molecule has 33 heavy (non-hydrogen) atoms. The lowest BCUT2D eigenvalue weighted by atomic mass is 9.64. The van der Waals surface area contributed by atoms with Gasteiger partial charge >= 0.3 is 0 Å². The fraction of sp³-hybridized carbons (Fsp3) is 0.750. The second-order valence-electron chi connectivity index (χ2n) is 10.0. The summed E-state index contributed by atoms with van der Waals surface area (Å²) in [6.07, 6.45) is 3.06. The van der Waals surface area contributed by atoms with Crippen molar-refractivity contribution in [3.63, 3.8) is 0 Å². The topological polar surface area (TPSA) is 110 Å². The number of ether oxygens (including phenoxy) is 1.